The second-order valence-electron chi connectivity index (χ2n) is 18.5. The third-order valence-corrected chi connectivity index (χ3v) is 12.5. The summed E-state index contributed by atoms with van der Waals surface area (Å²) < 4.78 is 0. The van der Waals surface area contributed by atoms with Gasteiger partial charge in [0.1, 0.15) is 18.4 Å². The van der Waals surface area contributed by atoms with Gasteiger partial charge in [-0.3, -0.25) is 53.2 Å². The molecule has 0 aliphatic carbocycles. The van der Waals surface area contributed by atoms with Crippen LogP contribution in [0.3, 0.4) is 0 Å². The summed E-state index contributed by atoms with van der Waals surface area (Å²) in [5.41, 5.74) is 2.27. The lowest BCUT2D eigenvalue weighted by Crippen LogP contribution is -2.53. The molecule has 4 atom stereocenters. The monoisotopic (exact) mass is 1100 g/mol. The minimum Gasteiger partial charge on any atom is -0.481 e. The zero-order valence-electron chi connectivity index (χ0n) is 42.8. The Morgan fingerprint density at radius 3 is 1.70 bits per heavy atom. The highest BCUT2D eigenvalue weighted by atomic mass is 32.1. The van der Waals surface area contributed by atoms with Crippen molar-refractivity contribution >= 4 is 83.0 Å². The molecule has 0 aromatic heterocycles. The summed E-state index contributed by atoms with van der Waals surface area (Å²) >= 11 is 5.52. The smallest absolute Gasteiger partial charge is 0.326 e. The van der Waals surface area contributed by atoms with Gasteiger partial charge in [0.25, 0.3) is 0 Å². The van der Waals surface area contributed by atoms with Gasteiger partial charge < -0.3 is 67.3 Å². The number of aldehydes is 1. The van der Waals surface area contributed by atoms with E-state index in [1.165, 1.54) is 0 Å². The summed E-state index contributed by atoms with van der Waals surface area (Å²) in [6, 6.07) is 11.1. The lowest BCUT2D eigenvalue weighted by atomic mass is 10.0. The number of hydrogen-bond donors (Lipinski definition) is 12. The van der Waals surface area contributed by atoms with Crippen molar-refractivity contribution in [2.24, 2.45) is 0 Å². The molecule has 26 nitrogen and oxygen atoms in total. The van der Waals surface area contributed by atoms with Gasteiger partial charge in [-0.25, -0.2) is 9.59 Å². The van der Waals surface area contributed by atoms with Crippen molar-refractivity contribution in [3.63, 3.8) is 0 Å². The van der Waals surface area contributed by atoms with Gasteiger partial charge in [-0.2, -0.15) is 0 Å². The number of urea groups is 1. The van der Waals surface area contributed by atoms with E-state index < -0.39 is 84.2 Å². The summed E-state index contributed by atoms with van der Waals surface area (Å²) in [4.78, 5) is 127. The van der Waals surface area contributed by atoms with Crippen LogP contribution in [0, 0.1) is 0 Å². The Morgan fingerprint density at radius 1 is 0.584 bits per heavy atom. The molecule has 12 N–H and O–H groups in total. The number of benzene rings is 2. The molecule has 1 aliphatic heterocycles. The molecule has 1 heterocycles. The Kier molecular flexibility index (Phi) is 29.1. The van der Waals surface area contributed by atoms with Crippen LogP contribution in [0.1, 0.15) is 62.5 Å². The standard InChI is InChI=1S/C50H72N10O16S/c61-33-37(53-49(76)56-39(48(74)75)15-17-42(63)64)14-16-41(62)55-40(27-34-8-4-3-5-9-34)47(73)51-18-6-1-2-7-19-52-50(77)54-36-12-10-35(11-13-36)26-38-28-59(31-45(69)70)23-22-57(29-43(65)66)20-21-58(30-44(67)68)24-25-60(38)32-46(71)72/h3-5,8-13,33,37-40H,1-2,6-7,14-32H2,(H,51,73)(H,55,62)(H,63,64)(H,65,66)(H,67,68)(H,69,70)(H,71,72)(H,74,75)(H2,52,54,77)(H2,53,56,76)/t37-,38?,39-,40-/m0/s1. The number of aliphatic carboxylic acids is 6. The number of amides is 4. The Balaban J connectivity index is 1.49. The third-order valence-electron chi connectivity index (χ3n) is 12.3. The number of unbranched alkanes of at least 4 members (excludes halogenated alkanes) is 3. The predicted octanol–water partition coefficient (Wildman–Crippen LogP) is -0.187. The summed E-state index contributed by atoms with van der Waals surface area (Å²) in [6.45, 7) is 0.720. The summed E-state index contributed by atoms with van der Waals surface area (Å²) in [5.74, 6) is -8.08. The fraction of sp³-hybridized carbons (Fsp3) is 0.540. The number of hydrogen-bond acceptors (Lipinski definition) is 15. The summed E-state index contributed by atoms with van der Waals surface area (Å²) in [6.07, 6.45) is 2.49. The molecular weight excluding hydrogens is 1030 g/mol. The van der Waals surface area contributed by atoms with E-state index in [0.29, 0.717) is 43.0 Å². The molecule has 1 aliphatic rings. The maximum Gasteiger partial charge on any atom is 0.326 e. The highest BCUT2D eigenvalue weighted by Crippen LogP contribution is 2.17. The van der Waals surface area contributed by atoms with E-state index in [2.05, 4.69) is 31.9 Å². The van der Waals surface area contributed by atoms with Gasteiger partial charge in [-0.05, 0) is 67.6 Å². The average Bonchev–Trinajstić information content (AvgIpc) is 3.36. The topological polar surface area (TPSA) is 377 Å². The van der Waals surface area contributed by atoms with Crippen molar-refractivity contribution in [3.8, 4) is 0 Å². The normalized spacial score (nSPS) is 16.1. The highest BCUT2D eigenvalue weighted by molar-refractivity contribution is 7.80. The van der Waals surface area contributed by atoms with Crippen molar-refractivity contribution in [1.29, 1.82) is 0 Å². The van der Waals surface area contributed by atoms with Crippen molar-refractivity contribution in [2.45, 2.75) is 88.4 Å². The first-order chi connectivity index (χ1) is 36.7. The van der Waals surface area contributed by atoms with Gasteiger partial charge in [0.2, 0.25) is 11.8 Å². The van der Waals surface area contributed by atoms with Crippen LogP contribution < -0.4 is 31.9 Å². The molecule has 4 amide bonds. The number of carboxylic acids is 6. The number of nitrogens with one attached hydrogen (secondary N) is 6. The largest absolute Gasteiger partial charge is 0.481 e. The fourth-order valence-electron chi connectivity index (χ4n) is 8.35. The molecule has 1 unspecified atom stereocenters. The fourth-order valence-corrected chi connectivity index (χ4v) is 8.57. The Labute approximate surface area is 450 Å². The molecule has 77 heavy (non-hydrogen) atoms. The van der Waals surface area contributed by atoms with E-state index >= 15 is 0 Å². The first-order valence-electron chi connectivity index (χ1n) is 25.2. The van der Waals surface area contributed by atoms with Crippen LogP contribution in [0.4, 0.5) is 10.5 Å². The first kappa shape index (κ1) is 64.0. The van der Waals surface area contributed by atoms with Crippen LogP contribution in [0.5, 0.6) is 0 Å². The van der Waals surface area contributed by atoms with Crippen molar-refractivity contribution < 1.29 is 78.6 Å². The minimum absolute atomic E-state index is 0.137. The maximum atomic E-state index is 13.3. The molecular formula is C50H72N10O16S. The number of nitrogens with zero attached hydrogens (tertiary/aromatic N) is 4. The lowest BCUT2D eigenvalue weighted by Gasteiger charge is -2.37. The number of carbonyl (C=O) groups is 10. The van der Waals surface area contributed by atoms with Crippen LogP contribution in [-0.4, -0.2) is 225 Å². The molecule has 2 aromatic carbocycles. The number of carboxylic acid groups (broad SMARTS) is 6. The summed E-state index contributed by atoms with van der Waals surface area (Å²) in [5, 5.41) is 73.5. The molecule has 0 radical (unpaired) electrons. The van der Waals surface area contributed by atoms with Gasteiger partial charge in [-0.15, -0.1) is 0 Å². The summed E-state index contributed by atoms with van der Waals surface area (Å²) in [7, 11) is 0. The molecule has 0 saturated carbocycles. The second-order valence-corrected chi connectivity index (χ2v) is 18.9. The van der Waals surface area contributed by atoms with Crippen molar-refractivity contribution in [1.82, 2.24) is 46.2 Å². The van der Waals surface area contributed by atoms with Gasteiger partial charge in [0.15, 0.2) is 5.11 Å². The van der Waals surface area contributed by atoms with E-state index in [1.807, 2.05) is 18.2 Å². The predicted molar refractivity (Wildman–Crippen MR) is 282 cm³/mol. The van der Waals surface area contributed by atoms with Crippen LogP contribution >= 0.6 is 12.2 Å². The van der Waals surface area contributed by atoms with E-state index in [-0.39, 0.29) is 97.7 Å². The molecule has 0 spiro atoms. The van der Waals surface area contributed by atoms with E-state index in [4.69, 9.17) is 17.3 Å². The maximum absolute atomic E-state index is 13.3. The molecule has 1 saturated heterocycles. The number of anilines is 1. The lowest BCUT2D eigenvalue weighted by molar-refractivity contribution is -0.142. The van der Waals surface area contributed by atoms with E-state index in [1.54, 1.807) is 56.0 Å². The molecule has 424 valence electrons. The first-order valence-corrected chi connectivity index (χ1v) is 25.6. The molecule has 2 aromatic rings. The van der Waals surface area contributed by atoms with E-state index in [9.17, 15) is 73.5 Å². The second kappa shape index (κ2) is 35.1. The van der Waals surface area contributed by atoms with Crippen LogP contribution in [0.2, 0.25) is 0 Å². The van der Waals surface area contributed by atoms with Crippen LogP contribution in [0.15, 0.2) is 54.6 Å². The van der Waals surface area contributed by atoms with E-state index in [0.717, 1.165) is 30.4 Å². The van der Waals surface area contributed by atoms with Gasteiger partial charge >= 0.3 is 41.8 Å². The minimum atomic E-state index is -1.52. The van der Waals surface area contributed by atoms with Crippen molar-refractivity contribution in [3.05, 3.63) is 65.7 Å². The van der Waals surface area contributed by atoms with Gasteiger partial charge in [-0.1, -0.05) is 55.3 Å². The molecule has 0 bridgehead atoms. The Morgan fingerprint density at radius 2 is 1.14 bits per heavy atom. The molecule has 1 fully saturated rings. The quantitative estimate of drug-likeness (QED) is 0.0257. The average molecular weight is 1100 g/mol. The zero-order chi connectivity index (χ0) is 56.7. The van der Waals surface area contributed by atoms with Crippen LogP contribution in [-0.2, 0) is 56.0 Å². The molecule has 27 heteroatoms. The zero-order valence-corrected chi connectivity index (χ0v) is 43.6. The number of carbonyl (C=O) groups excluding carboxylic acids is 4. The highest BCUT2D eigenvalue weighted by Gasteiger charge is 2.29. The van der Waals surface area contributed by atoms with Gasteiger partial charge in [0.05, 0.1) is 32.2 Å². The van der Waals surface area contributed by atoms with Gasteiger partial charge in [0, 0.05) is 89.9 Å². The number of thiocarbonyl (C=S) groups is 1. The molecule has 3 rings (SSSR count). The Bertz CT molecular complexity index is 2280. The van der Waals surface area contributed by atoms with Crippen LogP contribution in [0.25, 0.3) is 0 Å². The SMILES string of the molecule is O=C[C@H](CCC(=O)N[C@@H](Cc1ccccc1)C(=O)NCCCCCCNC(=S)Nc1ccc(CC2CN(CC(=O)O)CCN(CC(=O)O)CCN(CC(=O)O)CCN2CC(=O)O)cc1)NC(=O)N[C@@H](CCC(=O)O)C(=O)O. The Hall–Kier alpha value is -7.33. The third kappa shape index (κ3) is 27.9. The van der Waals surface area contributed by atoms with Crippen molar-refractivity contribution in [2.75, 3.05) is 90.4 Å². The number of rotatable bonds is 32.